The molecule has 27 heavy (non-hydrogen) atoms. The van der Waals surface area contributed by atoms with Crippen molar-refractivity contribution in [3.05, 3.63) is 33.1 Å². The topological polar surface area (TPSA) is 151 Å². The van der Waals surface area contributed by atoms with Crippen LogP contribution >= 0.6 is 12.2 Å². The van der Waals surface area contributed by atoms with Gasteiger partial charge in [-0.3, -0.25) is 14.3 Å². The van der Waals surface area contributed by atoms with E-state index in [1.54, 1.807) is 4.90 Å². The summed E-state index contributed by atoms with van der Waals surface area (Å²) in [6.07, 6.45) is -3.43. The van der Waals surface area contributed by atoms with E-state index in [-0.39, 0.29) is 29.8 Å². The largest absolute Gasteiger partial charge is 0.460 e. The molecule has 0 radical (unpaired) electrons. The Morgan fingerprint density at radius 1 is 1.37 bits per heavy atom. The summed E-state index contributed by atoms with van der Waals surface area (Å²) in [7, 11) is -3.11. The van der Waals surface area contributed by atoms with Gasteiger partial charge >= 0.3 is 5.69 Å². The summed E-state index contributed by atoms with van der Waals surface area (Å²) in [6.45, 7) is -0.223. The predicted octanol–water partition coefficient (Wildman–Crippen LogP) is -2.81. The van der Waals surface area contributed by atoms with Gasteiger partial charge in [0, 0.05) is 25.4 Å². The zero-order chi connectivity index (χ0) is 19.8. The van der Waals surface area contributed by atoms with Crippen LogP contribution in [-0.4, -0.2) is 87.8 Å². The van der Waals surface area contributed by atoms with Crippen LogP contribution in [0.2, 0.25) is 0 Å². The summed E-state index contributed by atoms with van der Waals surface area (Å²) in [5.74, 6) is -0.134. The van der Waals surface area contributed by atoms with Gasteiger partial charge in [-0.25, -0.2) is 13.2 Å². The molecule has 2 fully saturated rings. The van der Waals surface area contributed by atoms with Crippen LogP contribution in [0.1, 0.15) is 6.23 Å². The zero-order valence-corrected chi connectivity index (χ0v) is 15.7. The van der Waals surface area contributed by atoms with Crippen LogP contribution in [0.5, 0.6) is 0 Å². The number of ether oxygens (including phenoxy) is 2. The monoisotopic (exact) mass is 421 g/mol. The van der Waals surface area contributed by atoms with E-state index < -0.39 is 52.2 Å². The second-order valence-electron chi connectivity index (χ2n) is 6.24. The quantitative estimate of drug-likeness (QED) is 0.436. The maximum Gasteiger partial charge on any atom is 0.330 e. The van der Waals surface area contributed by atoms with E-state index in [9.17, 15) is 28.2 Å². The lowest BCUT2D eigenvalue weighted by molar-refractivity contribution is -0.0543. The highest BCUT2D eigenvalue weighted by Gasteiger charge is 2.47. The van der Waals surface area contributed by atoms with Crippen molar-refractivity contribution in [1.29, 1.82) is 0 Å². The summed E-state index contributed by atoms with van der Waals surface area (Å²) in [6, 6.07) is 1.11. The lowest BCUT2D eigenvalue weighted by Gasteiger charge is -2.31. The van der Waals surface area contributed by atoms with Crippen LogP contribution in [0.15, 0.2) is 21.9 Å². The normalized spacial score (nSPS) is 30.2. The summed E-state index contributed by atoms with van der Waals surface area (Å²) < 4.78 is 35.2. The van der Waals surface area contributed by atoms with Crippen molar-refractivity contribution in [1.82, 2.24) is 14.5 Å². The highest BCUT2D eigenvalue weighted by molar-refractivity contribution is 7.91. The number of aliphatic hydroxyl groups is 2. The minimum Gasteiger partial charge on any atom is -0.460 e. The molecule has 3 N–H and O–H groups in total. The molecule has 0 aromatic carbocycles. The zero-order valence-electron chi connectivity index (χ0n) is 14.1. The summed E-state index contributed by atoms with van der Waals surface area (Å²) >= 11 is 5.20. The lowest BCUT2D eigenvalue weighted by atomic mass is 10.1. The molecule has 13 heteroatoms. The average molecular weight is 421 g/mol. The first-order valence-corrected chi connectivity index (χ1v) is 10.4. The van der Waals surface area contributed by atoms with Gasteiger partial charge in [-0.15, -0.1) is 0 Å². The standard InChI is InChI=1S/C14H19N3O8S2/c18-7-8-10(20)11(12(24-8)17-2-1-9(19)15-13(17)21)25-14(26)16-3-5-27(22,23)6-4-16/h1-2,8,10-12,18,20H,3-7H2,(H,15,19,21). The van der Waals surface area contributed by atoms with Gasteiger partial charge in [0.05, 0.1) is 18.1 Å². The van der Waals surface area contributed by atoms with E-state index in [4.69, 9.17) is 21.7 Å². The number of hydrogen-bond acceptors (Lipinski definition) is 9. The molecule has 1 aromatic heterocycles. The third-order valence-corrected chi connectivity index (χ3v) is 6.42. The van der Waals surface area contributed by atoms with Gasteiger partial charge in [0.15, 0.2) is 22.2 Å². The third-order valence-electron chi connectivity index (χ3n) is 4.46. The van der Waals surface area contributed by atoms with E-state index in [2.05, 4.69) is 4.98 Å². The molecule has 1 aromatic rings. The molecular formula is C14H19N3O8S2. The molecule has 0 aliphatic carbocycles. The van der Waals surface area contributed by atoms with Crippen LogP contribution in [0.25, 0.3) is 0 Å². The SMILES string of the molecule is O=c1ccn(C2OC(CO)C(O)C2OC(=S)N2CCS(=O)(=O)CC2)c(=O)[nH]1. The molecule has 2 aliphatic heterocycles. The van der Waals surface area contributed by atoms with Crippen LogP contribution in [0.3, 0.4) is 0 Å². The smallest absolute Gasteiger partial charge is 0.330 e. The Morgan fingerprint density at radius 2 is 2.04 bits per heavy atom. The number of aromatic nitrogens is 2. The van der Waals surface area contributed by atoms with Crippen LogP contribution in [0, 0.1) is 0 Å². The first-order valence-electron chi connectivity index (χ1n) is 8.14. The van der Waals surface area contributed by atoms with Crippen molar-refractivity contribution in [2.45, 2.75) is 24.5 Å². The number of rotatable bonds is 3. The molecule has 2 aliphatic rings. The molecule has 0 amide bonds. The molecule has 11 nitrogen and oxygen atoms in total. The molecule has 150 valence electrons. The predicted molar refractivity (Wildman–Crippen MR) is 96.0 cm³/mol. The number of hydrogen-bond donors (Lipinski definition) is 3. The van der Waals surface area contributed by atoms with Crippen molar-refractivity contribution in [2.75, 3.05) is 31.2 Å². The van der Waals surface area contributed by atoms with Crippen molar-refractivity contribution in [3.8, 4) is 0 Å². The van der Waals surface area contributed by atoms with E-state index in [0.29, 0.717) is 0 Å². The number of sulfone groups is 1. The molecule has 0 saturated carbocycles. The Balaban J connectivity index is 1.81. The second-order valence-corrected chi connectivity index (χ2v) is 8.90. The maximum absolute atomic E-state index is 12.1. The molecule has 2 saturated heterocycles. The fraction of sp³-hybridized carbons (Fsp3) is 0.643. The molecule has 4 unspecified atom stereocenters. The lowest BCUT2D eigenvalue weighted by Crippen LogP contribution is -2.47. The van der Waals surface area contributed by atoms with Gasteiger partial charge in [0.25, 0.3) is 10.7 Å². The number of nitrogens with zero attached hydrogens (tertiary/aromatic N) is 2. The number of nitrogens with one attached hydrogen (secondary N) is 1. The minimum atomic E-state index is -3.11. The van der Waals surface area contributed by atoms with E-state index >= 15 is 0 Å². The number of aliphatic hydroxyl groups excluding tert-OH is 2. The Kier molecular flexibility index (Phi) is 5.67. The van der Waals surface area contributed by atoms with Gasteiger partial charge in [-0.05, 0) is 12.2 Å². The highest BCUT2D eigenvalue weighted by atomic mass is 32.2. The number of thiocarbonyl (C=S) groups is 1. The first-order chi connectivity index (χ1) is 12.7. The average Bonchev–Trinajstić information content (AvgIpc) is 2.91. The molecule has 3 heterocycles. The summed E-state index contributed by atoms with van der Waals surface area (Å²) in [4.78, 5) is 26.9. The molecular weight excluding hydrogens is 402 g/mol. The Morgan fingerprint density at radius 3 is 2.63 bits per heavy atom. The Bertz CT molecular complexity index is 913. The fourth-order valence-corrected chi connectivity index (χ4v) is 4.43. The van der Waals surface area contributed by atoms with E-state index in [1.165, 1.54) is 6.20 Å². The molecule has 4 atom stereocenters. The van der Waals surface area contributed by atoms with Crippen LogP contribution in [0.4, 0.5) is 0 Å². The summed E-state index contributed by atoms with van der Waals surface area (Å²) in [5, 5.41) is 19.7. The fourth-order valence-electron chi connectivity index (χ4n) is 2.93. The van der Waals surface area contributed by atoms with Crippen molar-refractivity contribution >= 4 is 27.2 Å². The number of H-pyrrole nitrogens is 1. The van der Waals surface area contributed by atoms with Crippen molar-refractivity contribution in [2.24, 2.45) is 0 Å². The van der Waals surface area contributed by atoms with Crippen LogP contribution in [-0.2, 0) is 19.3 Å². The van der Waals surface area contributed by atoms with Gasteiger partial charge in [0.2, 0.25) is 0 Å². The van der Waals surface area contributed by atoms with Gasteiger partial charge < -0.3 is 24.6 Å². The van der Waals surface area contributed by atoms with Gasteiger partial charge in [0.1, 0.15) is 12.2 Å². The van der Waals surface area contributed by atoms with Crippen molar-refractivity contribution in [3.63, 3.8) is 0 Å². The Labute approximate surface area is 159 Å². The summed E-state index contributed by atoms with van der Waals surface area (Å²) in [5.41, 5.74) is -1.38. The van der Waals surface area contributed by atoms with Gasteiger partial charge in [-0.1, -0.05) is 0 Å². The maximum atomic E-state index is 12.1. The third kappa shape index (κ3) is 4.21. The van der Waals surface area contributed by atoms with E-state index in [1.807, 2.05) is 0 Å². The van der Waals surface area contributed by atoms with Gasteiger partial charge in [-0.2, -0.15) is 0 Å². The Hall–Kier alpha value is -1.80. The van der Waals surface area contributed by atoms with E-state index in [0.717, 1.165) is 10.6 Å². The van der Waals surface area contributed by atoms with Crippen molar-refractivity contribution < 1.29 is 28.1 Å². The molecule has 0 spiro atoms. The second kappa shape index (κ2) is 7.67. The van der Waals surface area contributed by atoms with Crippen LogP contribution < -0.4 is 11.2 Å². The minimum absolute atomic E-state index is 0.0430. The molecule has 3 rings (SSSR count). The number of aromatic amines is 1. The highest BCUT2D eigenvalue weighted by Crippen LogP contribution is 2.31. The molecule has 0 bridgehead atoms. The first kappa shape index (κ1) is 19.9.